The zero-order chi connectivity index (χ0) is 10.7. The van der Waals surface area contributed by atoms with Crippen LogP contribution in [0.25, 0.3) is 0 Å². The van der Waals surface area contributed by atoms with E-state index in [-0.39, 0.29) is 0 Å². The summed E-state index contributed by atoms with van der Waals surface area (Å²) >= 11 is 1.76. The molecular formula is C13H16OS. The summed E-state index contributed by atoms with van der Waals surface area (Å²) in [6, 6.07) is 8.36. The summed E-state index contributed by atoms with van der Waals surface area (Å²) in [7, 11) is 0. The van der Waals surface area contributed by atoms with Gasteiger partial charge < -0.3 is 0 Å². The Morgan fingerprint density at radius 1 is 1.40 bits per heavy atom. The molecule has 1 aliphatic carbocycles. The number of thioether (sulfide) groups is 1. The predicted octanol–water partition coefficient (Wildman–Crippen LogP) is 3.32. The smallest absolute Gasteiger partial charge is 0.136 e. The Morgan fingerprint density at radius 2 is 2.13 bits per heavy atom. The lowest BCUT2D eigenvalue weighted by molar-refractivity contribution is -0.120. The van der Waals surface area contributed by atoms with Gasteiger partial charge in [0.15, 0.2) is 0 Å². The molecular weight excluding hydrogens is 204 g/mol. The average molecular weight is 220 g/mol. The van der Waals surface area contributed by atoms with E-state index in [0.717, 1.165) is 25.7 Å². The molecule has 80 valence electrons. The Balaban J connectivity index is 1.94. The molecule has 0 unspecified atom stereocenters. The van der Waals surface area contributed by atoms with Gasteiger partial charge in [-0.25, -0.2) is 0 Å². The third-order valence-electron chi connectivity index (χ3n) is 2.87. The van der Waals surface area contributed by atoms with E-state index in [4.69, 9.17) is 0 Å². The summed E-state index contributed by atoms with van der Waals surface area (Å²) in [5, 5.41) is 0. The fraction of sp³-hybridized carbons (Fsp3) is 0.462. The van der Waals surface area contributed by atoms with Crippen LogP contribution in [0.15, 0.2) is 29.2 Å². The Bertz CT molecular complexity index is 355. The molecule has 1 aromatic carbocycles. The quantitative estimate of drug-likeness (QED) is 0.708. The first-order chi connectivity index (χ1) is 7.31. The van der Waals surface area contributed by atoms with Crippen LogP contribution < -0.4 is 0 Å². The van der Waals surface area contributed by atoms with Crippen molar-refractivity contribution in [3.8, 4) is 0 Å². The molecule has 2 rings (SSSR count). The van der Waals surface area contributed by atoms with Gasteiger partial charge in [0.05, 0.1) is 0 Å². The topological polar surface area (TPSA) is 17.1 Å². The van der Waals surface area contributed by atoms with Crippen LogP contribution in [0.3, 0.4) is 0 Å². The van der Waals surface area contributed by atoms with Gasteiger partial charge in [-0.15, -0.1) is 11.8 Å². The standard InChI is InChI=1S/C13H16OS/c1-15-13-5-3-2-4-11(13)8-9-12(14)10-6-7-10/h2-5,10H,6-9H2,1H3. The SMILES string of the molecule is CSc1ccccc1CCC(=O)C1CC1. The van der Waals surface area contributed by atoms with E-state index < -0.39 is 0 Å². The van der Waals surface area contributed by atoms with E-state index in [1.165, 1.54) is 10.5 Å². The number of carbonyl (C=O) groups excluding carboxylic acids is 1. The average Bonchev–Trinajstić information content (AvgIpc) is 3.10. The highest BCUT2D eigenvalue weighted by Crippen LogP contribution is 2.31. The van der Waals surface area contributed by atoms with Crippen LogP contribution in [0.4, 0.5) is 0 Å². The van der Waals surface area contributed by atoms with Crippen LogP contribution in [0, 0.1) is 5.92 Å². The van der Waals surface area contributed by atoms with Crippen LogP contribution in [0.5, 0.6) is 0 Å². The van der Waals surface area contributed by atoms with Gasteiger partial charge in [0.25, 0.3) is 0 Å². The summed E-state index contributed by atoms with van der Waals surface area (Å²) in [6.45, 7) is 0. The van der Waals surface area contributed by atoms with Crippen LogP contribution >= 0.6 is 11.8 Å². The largest absolute Gasteiger partial charge is 0.299 e. The molecule has 1 fully saturated rings. The highest BCUT2D eigenvalue weighted by atomic mass is 32.2. The molecule has 1 saturated carbocycles. The molecule has 0 N–H and O–H groups in total. The summed E-state index contributed by atoms with van der Waals surface area (Å²) in [4.78, 5) is 12.9. The molecule has 0 radical (unpaired) electrons. The maximum absolute atomic E-state index is 11.6. The molecule has 0 heterocycles. The van der Waals surface area contributed by atoms with E-state index in [1.54, 1.807) is 11.8 Å². The van der Waals surface area contributed by atoms with Gasteiger partial charge in [0.2, 0.25) is 0 Å². The van der Waals surface area contributed by atoms with Gasteiger partial charge in [-0.1, -0.05) is 18.2 Å². The third-order valence-corrected chi connectivity index (χ3v) is 3.70. The number of ketones is 1. The summed E-state index contributed by atoms with van der Waals surface area (Å²) < 4.78 is 0. The van der Waals surface area contributed by atoms with E-state index in [2.05, 4.69) is 30.5 Å². The normalized spacial score (nSPS) is 15.3. The highest BCUT2D eigenvalue weighted by Gasteiger charge is 2.28. The van der Waals surface area contributed by atoms with Crippen LogP contribution in [-0.2, 0) is 11.2 Å². The maximum atomic E-state index is 11.6. The van der Waals surface area contributed by atoms with E-state index in [0.29, 0.717) is 11.7 Å². The van der Waals surface area contributed by atoms with Gasteiger partial charge in [-0.2, -0.15) is 0 Å². The lowest BCUT2D eigenvalue weighted by Crippen LogP contribution is -2.02. The monoisotopic (exact) mass is 220 g/mol. The number of aryl methyl sites for hydroxylation is 1. The third kappa shape index (κ3) is 2.85. The fourth-order valence-electron chi connectivity index (χ4n) is 1.78. The number of hydrogen-bond donors (Lipinski definition) is 0. The van der Waals surface area contributed by atoms with Gasteiger partial charge in [-0.3, -0.25) is 4.79 Å². The van der Waals surface area contributed by atoms with Gasteiger partial charge in [0, 0.05) is 17.2 Å². The van der Waals surface area contributed by atoms with Crippen molar-refractivity contribution >= 4 is 17.5 Å². The Kier molecular flexibility index (Phi) is 3.47. The van der Waals surface area contributed by atoms with Crippen molar-refractivity contribution in [3.63, 3.8) is 0 Å². The summed E-state index contributed by atoms with van der Waals surface area (Å²) in [6.07, 6.45) is 5.97. The second kappa shape index (κ2) is 4.84. The zero-order valence-electron chi connectivity index (χ0n) is 9.03. The molecule has 0 spiro atoms. The molecule has 0 amide bonds. The van der Waals surface area contributed by atoms with Crippen LogP contribution in [0.1, 0.15) is 24.8 Å². The molecule has 1 aromatic rings. The van der Waals surface area contributed by atoms with Crippen LogP contribution in [0.2, 0.25) is 0 Å². The molecule has 0 aromatic heterocycles. The van der Waals surface area contributed by atoms with Crippen molar-refractivity contribution in [1.82, 2.24) is 0 Å². The van der Waals surface area contributed by atoms with Gasteiger partial charge in [0.1, 0.15) is 5.78 Å². The number of Topliss-reactive ketones (excluding diaryl/α,β-unsaturated/α-hetero) is 1. The Hall–Kier alpha value is -0.760. The highest BCUT2D eigenvalue weighted by molar-refractivity contribution is 7.98. The van der Waals surface area contributed by atoms with Gasteiger partial charge in [-0.05, 0) is 37.1 Å². The minimum atomic E-state index is 0.409. The van der Waals surface area contributed by atoms with E-state index >= 15 is 0 Å². The lowest BCUT2D eigenvalue weighted by atomic mass is 10.1. The minimum absolute atomic E-state index is 0.409. The van der Waals surface area contributed by atoms with Crippen molar-refractivity contribution in [1.29, 1.82) is 0 Å². The number of hydrogen-bond acceptors (Lipinski definition) is 2. The number of carbonyl (C=O) groups is 1. The molecule has 2 heteroatoms. The van der Waals surface area contributed by atoms with Crippen molar-refractivity contribution < 1.29 is 4.79 Å². The predicted molar refractivity (Wildman–Crippen MR) is 64.3 cm³/mol. The lowest BCUT2D eigenvalue weighted by Gasteiger charge is -2.05. The molecule has 0 bridgehead atoms. The minimum Gasteiger partial charge on any atom is -0.299 e. The number of rotatable bonds is 5. The molecule has 0 atom stereocenters. The van der Waals surface area contributed by atoms with Crippen molar-refractivity contribution in [2.75, 3.05) is 6.26 Å². The molecule has 15 heavy (non-hydrogen) atoms. The van der Waals surface area contributed by atoms with Crippen LogP contribution in [-0.4, -0.2) is 12.0 Å². The van der Waals surface area contributed by atoms with E-state index in [9.17, 15) is 4.79 Å². The van der Waals surface area contributed by atoms with Crippen molar-refractivity contribution in [3.05, 3.63) is 29.8 Å². The Morgan fingerprint density at radius 3 is 2.80 bits per heavy atom. The first-order valence-electron chi connectivity index (χ1n) is 5.46. The maximum Gasteiger partial charge on any atom is 0.136 e. The molecule has 1 aliphatic rings. The molecule has 1 nitrogen and oxygen atoms in total. The van der Waals surface area contributed by atoms with E-state index in [1.807, 2.05) is 0 Å². The fourth-order valence-corrected chi connectivity index (χ4v) is 2.42. The second-order valence-corrected chi connectivity index (χ2v) is 4.90. The summed E-state index contributed by atoms with van der Waals surface area (Å²) in [5.41, 5.74) is 1.32. The van der Waals surface area contributed by atoms with Crippen molar-refractivity contribution in [2.45, 2.75) is 30.6 Å². The molecule has 0 aliphatic heterocycles. The van der Waals surface area contributed by atoms with Crippen molar-refractivity contribution in [2.24, 2.45) is 5.92 Å². The second-order valence-electron chi connectivity index (χ2n) is 4.05. The molecule has 0 saturated heterocycles. The summed E-state index contributed by atoms with van der Waals surface area (Å²) in [5.74, 6) is 0.873. The Labute approximate surface area is 95.3 Å². The number of benzene rings is 1. The first kappa shape index (κ1) is 10.7. The van der Waals surface area contributed by atoms with Gasteiger partial charge >= 0.3 is 0 Å². The first-order valence-corrected chi connectivity index (χ1v) is 6.68. The zero-order valence-corrected chi connectivity index (χ0v) is 9.85.